The molecule has 2 aliphatic heterocycles. The van der Waals surface area contributed by atoms with Gasteiger partial charge in [0, 0.05) is 12.3 Å². The third-order valence-electron chi connectivity index (χ3n) is 4.24. The Morgan fingerprint density at radius 2 is 2.30 bits per heavy atom. The molecule has 2 bridgehead atoms. The predicted octanol–water partition coefficient (Wildman–Crippen LogP) is -0.779. The van der Waals surface area contributed by atoms with Gasteiger partial charge in [-0.2, -0.15) is 0 Å². The fourth-order valence-corrected chi connectivity index (χ4v) is 3.25. The van der Waals surface area contributed by atoms with E-state index in [4.69, 9.17) is 10.5 Å². The second-order valence-corrected chi connectivity index (χ2v) is 5.27. The Morgan fingerprint density at radius 1 is 1.45 bits per heavy atom. The van der Waals surface area contributed by atoms with Crippen LogP contribution < -0.4 is 5.73 Å². The molecule has 0 spiro atoms. The van der Waals surface area contributed by atoms with Crippen LogP contribution in [0.2, 0.25) is 0 Å². The summed E-state index contributed by atoms with van der Waals surface area (Å²) in [4.78, 5) is 12.6. The van der Waals surface area contributed by atoms with Crippen LogP contribution in [0, 0.1) is 5.92 Å². The second-order valence-electron chi connectivity index (χ2n) is 5.27. The van der Waals surface area contributed by atoms with Gasteiger partial charge in [0.2, 0.25) is 0 Å². The van der Waals surface area contributed by atoms with Crippen LogP contribution in [0.5, 0.6) is 0 Å². The topological polar surface area (TPSA) is 119 Å². The van der Waals surface area contributed by atoms with E-state index in [1.165, 1.54) is 6.33 Å². The minimum Gasteiger partial charge on any atom is -0.394 e. The van der Waals surface area contributed by atoms with E-state index in [2.05, 4.69) is 15.0 Å². The molecule has 8 heteroatoms. The monoisotopic (exact) mass is 277 g/mol. The van der Waals surface area contributed by atoms with Gasteiger partial charge in [0.05, 0.1) is 12.7 Å². The zero-order valence-corrected chi connectivity index (χ0v) is 10.7. The molecule has 0 radical (unpaired) electrons. The first-order valence-corrected chi connectivity index (χ1v) is 6.62. The van der Waals surface area contributed by atoms with Crippen LogP contribution in [0.25, 0.3) is 11.2 Å². The van der Waals surface area contributed by atoms with Crippen molar-refractivity contribution in [3.63, 3.8) is 0 Å². The highest BCUT2D eigenvalue weighted by Crippen LogP contribution is 2.41. The highest BCUT2D eigenvalue weighted by atomic mass is 16.5. The minimum absolute atomic E-state index is 0.0825. The number of hydrogen-bond donors (Lipinski definition) is 3. The molecule has 0 unspecified atom stereocenters. The Kier molecular flexibility index (Phi) is 2.47. The first kappa shape index (κ1) is 12.0. The standard InChI is InChI=1S/C12H15N5O3/c13-10-8-11(15-4-14-10)17-7(16-8)2-1-5-6(3-18)20-12(17)9(5)19/h4-6,9,12,18-19H,1-3H2,(H2,13,14,15)/t5-,6-,9-,12-/m1/s1. The number of hydrogen-bond acceptors (Lipinski definition) is 7. The van der Waals surface area contributed by atoms with Crippen molar-refractivity contribution in [3.8, 4) is 0 Å². The number of imidazole rings is 1. The lowest BCUT2D eigenvalue weighted by atomic mass is 9.94. The third-order valence-corrected chi connectivity index (χ3v) is 4.24. The van der Waals surface area contributed by atoms with Gasteiger partial charge >= 0.3 is 0 Å². The van der Waals surface area contributed by atoms with Crippen LogP contribution in [-0.2, 0) is 11.2 Å². The number of aryl methyl sites for hydroxylation is 1. The number of aliphatic hydroxyl groups is 2. The minimum atomic E-state index is -0.679. The second kappa shape index (κ2) is 4.11. The average Bonchev–Trinajstić information content (AvgIpc) is 2.89. The predicted molar refractivity (Wildman–Crippen MR) is 68.5 cm³/mol. The lowest BCUT2D eigenvalue weighted by Crippen LogP contribution is -2.26. The number of nitrogens with zero attached hydrogens (tertiary/aromatic N) is 4. The van der Waals surface area contributed by atoms with E-state index in [-0.39, 0.29) is 18.6 Å². The van der Waals surface area contributed by atoms with Crippen molar-refractivity contribution in [2.24, 2.45) is 5.92 Å². The van der Waals surface area contributed by atoms with Gasteiger partial charge in [0.1, 0.15) is 18.3 Å². The molecule has 4 heterocycles. The molecule has 0 aliphatic carbocycles. The maximum atomic E-state index is 10.4. The van der Waals surface area contributed by atoms with Crippen LogP contribution >= 0.6 is 0 Å². The van der Waals surface area contributed by atoms with Gasteiger partial charge in [0.25, 0.3) is 0 Å². The quantitative estimate of drug-likeness (QED) is 0.625. The molecule has 0 saturated carbocycles. The summed E-state index contributed by atoms with van der Waals surface area (Å²) in [6, 6.07) is 0. The van der Waals surface area contributed by atoms with Crippen LogP contribution in [0.4, 0.5) is 5.82 Å². The molecule has 1 saturated heterocycles. The number of nitrogen functional groups attached to an aromatic ring is 1. The van der Waals surface area contributed by atoms with Crippen molar-refractivity contribution in [1.82, 2.24) is 19.5 Å². The van der Waals surface area contributed by atoms with Crippen molar-refractivity contribution < 1.29 is 14.9 Å². The van der Waals surface area contributed by atoms with Gasteiger partial charge in [-0.15, -0.1) is 0 Å². The number of fused-ring (bicyclic) bond motifs is 6. The van der Waals surface area contributed by atoms with Gasteiger partial charge in [-0.3, -0.25) is 4.57 Å². The summed E-state index contributed by atoms with van der Waals surface area (Å²) in [5, 5.41) is 19.8. The fourth-order valence-electron chi connectivity index (χ4n) is 3.25. The molecular weight excluding hydrogens is 262 g/mol. The van der Waals surface area contributed by atoms with Crippen molar-refractivity contribution in [2.45, 2.75) is 31.3 Å². The van der Waals surface area contributed by atoms with E-state index >= 15 is 0 Å². The Morgan fingerprint density at radius 3 is 3.10 bits per heavy atom. The normalized spacial score (nSPS) is 32.3. The zero-order chi connectivity index (χ0) is 13.9. The number of anilines is 1. The molecule has 2 aliphatic rings. The van der Waals surface area contributed by atoms with E-state index < -0.39 is 12.3 Å². The van der Waals surface area contributed by atoms with E-state index in [0.717, 1.165) is 5.82 Å². The number of aliphatic hydroxyl groups excluding tert-OH is 2. The van der Waals surface area contributed by atoms with Crippen molar-refractivity contribution in [1.29, 1.82) is 0 Å². The van der Waals surface area contributed by atoms with E-state index in [0.29, 0.717) is 29.8 Å². The Hall–Kier alpha value is -1.77. The summed E-state index contributed by atoms with van der Waals surface area (Å²) in [7, 11) is 0. The summed E-state index contributed by atoms with van der Waals surface area (Å²) in [6.45, 7) is -0.0999. The first-order chi connectivity index (χ1) is 9.70. The third kappa shape index (κ3) is 1.43. The summed E-state index contributed by atoms with van der Waals surface area (Å²) in [6.07, 6.45) is 1.17. The van der Waals surface area contributed by atoms with Crippen LogP contribution in [-0.4, -0.2) is 48.5 Å². The van der Waals surface area contributed by atoms with E-state index in [1.54, 1.807) is 4.57 Å². The van der Waals surface area contributed by atoms with Gasteiger partial charge in [0.15, 0.2) is 23.2 Å². The number of aromatic nitrogens is 4. The average molecular weight is 277 g/mol. The lowest BCUT2D eigenvalue weighted by molar-refractivity contribution is -0.0518. The molecule has 20 heavy (non-hydrogen) atoms. The molecule has 4 N–H and O–H groups in total. The van der Waals surface area contributed by atoms with E-state index in [9.17, 15) is 10.2 Å². The van der Waals surface area contributed by atoms with Crippen molar-refractivity contribution in [3.05, 3.63) is 12.2 Å². The van der Waals surface area contributed by atoms with Crippen molar-refractivity contribution in [2.75, 3.05) is 12.3 Å². The van der Waals surface area contributed by atoms with Gasteiger partial charge in [-0.05, 0) is 6.42 Å². The first-order valence-electron chi connectivity index (χ1n) is 6.62. The Labute approximate surface area is 114 Å². The molecule has 106 valence electrons. The molecule has 4 rings (SSSR count). The maximum absolute atomic E-state index is 10.4. The molecule has 4 atom stereocenters. The lowest BCUT2D eigenvalue weighted by Gasteiger charge is -2.19. The van der Waals surface area contributed by atoms with Crippen LogP contribution in [0.15, 0.2) is 6.33 Å². The SMILES string of the molecule is Nc1ncnc2c1nc1n2[C@@H]2O[C@H](CO)[C@@H](CC1)[C@H]2O. The summed E-state index contributed by atoms with van der Waals surface area (Å²) in [5.74, 6) is 1.02. The molecule has 2 aromatic heterocycles. The van der Waals surface area contributed by atoms with E-state index in [1.807, 2.05) is 0 Å². The highest BCUT2D eigenvalue weighted by molar-refractivity contribution is 5.82. The van der Waals surface area contributed by atoms with Crippen LogP contribution in [0.1, 0.15) is 18.5 Å². The smallest absolute Gasteiger partial charge is 0.167 e. The Balaban J connectivity index is 1.92. The molecule has 0 aromatic carbocycles. The highest BCUT2D eigenvalue weighted by Gasteiger charge is 2.47. The van der Waals surface area contributed by atoms with Gasteiger partial charge in [-0.25, -0.2) is 15.0 Å². The fraction of sp³-hybridized carbons (Fsp3) is 0.583. The van der Waals surface area contributed by atoms with Gasteiger partial charge in [-0.1, -0.05) is 0 Å². The maximum Gasteiger partial charge on any atom is 0.167 e. The Bertz CT molecular complexity index is 672. The number of nitrogens with two attached hydrogens (primary N) is 1. The molecule has 2 aromatic rings. The molecule has 1 fully saturated rings. The molecule has 8 nitrogen and oxygen atoms in total. The largest absolute Gasteiger partial charge is 0.394 e. The van der Waals surface area contributed by atoms with Crippen LogP contribution in [0.3, 0.4) is 0 Å². The number of ether oxygens (including phenoxy) is 1. The molecular formula is C12H15N5O3. The number of rotatable bonds is 1. The summed E-state index contributed by atoms with van der Waals surface area (Å²) in [5.41, 5.74) is 6.92. The van der Waals surface area contributed by atoms with Crippen molar-refractivity contribution >= 4 is 17.0 Å². The molecule has 0 amide bonds. The van der Waals surface area contributed by atoms with Gasteiger partial charge < -0.3 is 20.7 Å². The summed E-state index contributed by atoms with van der Waals surface area (Å²) < 4.78 is 7.57. The zero-order valence-electron chi connectivity index (χ0n) is 10.7. The summed E-state index contributed by atoms with van der Waals surface area (Å²) >= 11 is 0.